The van der Waals surface area contributed by atoms with Gasteiger partial charge in [-0.2, -0.15) is 0 Å². The number of carboxylic acids is 1. The molecule has 1 aromatic rings. The molecule has 0 saturated carbocycles. The molecule has 0 heterocycles. The second-order valence-corrected chi connectivity index (χ2v) is 3.71. The first-order valence-electron chi connectivity index (χ1n) is 5.10. The Hall–Kier alpha value is -1.77. The van der Waals surface area contributed by atoms with Crippen LogP contribution >= 0.6 is 0 Å². The molecule has 1 rings (SSSR count). The second kappa shape index (κ2) is 5.35. The van der Waals surface area contributed by atoms with Crippen LogP contribution in [0.4, 0.5) is 0 Å². The molecule has 0 saturated heterocycles. The zero-order valence-corrected chi connectivity index (χ0v) is 9.73. The standard InChI is InChI=1S/C13H16O3/c1-9-5-7-12(16-3)8-11(9)6-4-10(2)13(14)15/h4-8,10H,1-3H3,(H,14,15)/b6-4+. The summed E-state index contributed by atoms with van der Waals surface area (Å²) < 4.78 is 5.11. The minimum absolute atomic E-state index is 0.481. The number of methoxy groups -OCH3 is 1. The van der Waals surface area contributed by atoms with Crippen molar-refractivity contribution >= 4 is 12.0 Å². The number of hydrogen-bond acceptors (Lipinski definition) is 2. The minimum atomic E-state index is -0.822. The van der Waals surface area contributed by atoms with Crippen LogP contribution in [0.15, 0.2) is 24.3 Å². The Morgan fingerprint density at radius 2 is 2.19 bits per heavy atom. The summed E-state index contributed by atoms with van der Waals surface area (Å²) in [6.45, 7) is 3.62. The summed E-state index contributed by atoms with van der Waals surface area (Å²) >= 11 is 0. The van der Waals surface area contributed by atoms with Crippen molar-refractivity contribution in [2.75, 3.05) is 7.11 Å². The molecule has 86 valence electrons. The molecule has 0 bridgehead atoms. The van der Waals surface area contributed by atoms with Crippen molar-refractivity contribution in [1.82, 2.24) is 0 Å². The van der Waals surface area contributed by atoms with Gasteiger partial charge in [-0.05, 0) is 37.1 Å². The first-order chi connectivity index (χ1) is 7.54. The minimum Gasteiger partial charge on any atom is -0.497 e. The van der Waals surface area contributed by atoms with Gasteiger partial charge in [0.05, 0.1) is 13.0 Å². The van der Waals surface area contributed by atoms with Crippen molar-refractivity contribution in [2.45, 2.75) is 13.8 Å². The van der Waals surface area contributed by atoms with Gasteiger partial charge in [0, 0.05) is 0 Å². The first kappa shape index (κ1) is 12.3. The lowest BCUT2D eigenvalue weighted by molar-refractivity contribution is -0.139. The number of rotatable bonds is 4. The lowest BCUT2D eigenvalue weighted by atomic mass is 10.1. The Balaban J connectivity index is 2.91. The molecule has 0 fully saturated rings. The van der Waals surface area contributed by atoms with E-state index in [0.29, 0.717) is 0 Å². The number of aryl methyl sites for hydroxylation is 1. The van der Waals surface area contributed by atoms with E-state index in [0.717, 1.165) is 16.9 Å². The highest BCUT2D eigenvalue weighted by molar-refractivity contribution is 5.73. The Kier molecular flexibility index (Phi) is 4.11. The first-order valence-corrected chi connectivity index (χ1v) is 5.10. The SMILES string of the molecule is COc1ccc(C)c(/C=C/C(C)C(=O)O)c1. The Labute approximate surface area is 95.4 Å². The van der Waals surface area contributed by atoms with E-state index in [-0.39, 0.29) is 0 Å². The second-order valence-electron chi connectivity index (χ2n) is 3.71. The Morgan fingerprint density at radius 1 is 1.50 bits per heavy atom. The molecule has 0 radical (unpaired) electrons. The van der Waals surface area contributed by atoms with Gasteiger partial charge >= 0.3 is 5.97 Å². The third-order valence-electron chi connectivity index (χ3n) is 2.44. The Bertz CT molecular complexity index is 408. The van der Waals surface area contributed by atoms with Crippen LogP contribution in [0.1, 0.15) is 18.1 Å². The lowest BCUT2D eigenvalue weighted by Gasteiger charge is -2.05. The van der Waals surface area contributed by atoms with Crippen molar-refractivity contribution in [3.63, 3.8) is 0 Å². The molecule has 0 spiro atoms. The molecule has 0 amide bonds. The van der Waals surface area contributed by atoms with Crippen LogP contribution in [0.25, 0.3) is 6.08 Å². The zero-order valence-electron chi connectivity index (χ0n) is 9.73. The predicted molar refractivity (Wildman–Crippen MR) is 63.6 cm³/mol. The maximum Gasteiger partial charge on any atom is 0.310 e. The van der Waals surface area contributed by atoms with E-state index in [2.05, 4.69) is 0 Å². The highest BCUT2D eigenvalue weighted by Gasteiger charge is 2.05. The molecule has 3 heteroatoms. The van der Waals surface area contributed by atoms with E-state index >= 15 is 0 Å². The highest BCUT2D eigenvalue weighted by atomic mass is 16.5. The van der Waals surface area contributed by atoms with Crippen LogP contribution in [0.2, 0.25) is 0 Å². The third-order valence-corrected chi connectivity index (χ3v) is 2.44. The molecule has 0 aromatic heterocycles. The van der Waals surface area contributed by atoms with Crippen molar-refractivity contribution in [1.29, 1.82) is 0 Å². The zero-order chi connectivity index (χ0) is 12.1. The van der Waals surface area contributed by atoms with Crippen molar-refractivity contribution in [3.05, 3.63) is 35.4 Å². The number of aliphatic carboxylic acids is 1. The monoisotopic (exact) mass is 220 g/mol. The molecular formula is C13H16O3. The van der Waals surface area contributed by atoms with Crippen molar-refractivity contribution < 1.29 is 14.6 Å². The molecule has 1 unspecified atom stereocenters. The number of hydrogen-bond donors (Lipinski definition) is 1. The van der Waals surface area contributed by atoms with Crippen LogP contribution in [0, 0.1) is 12.8 Å². The summed E-state index contributed by atoms with van der Waals surface area (Å²) in [7, 11) is 1.61. The molecule has 0 aliphatic rings. The van der Waals surface area contributed by atoms with Gasteiger partial charge in [-0.15, -0.1) is 0 Å². The van der Waals surface area contributed by atoms with Gasteiger partial charge in [0.1, 0.15) is 5.75 Å². The van der Waals surface area contributed by atoms with Gasteiger partial charge in [-0.1, -0.05) is 18.2 Å². The van der Waals surface area contributed by atoms with E-state index in [4.69, 9.17) is 9.84 Å². The van der Waals surface area contributed by atoms with Crippen LogP contribution < -0.4 is 4.74 Å². The summed E-state index contributed by atoms with van der Waals surface area (Å²) in [6.07, 6.45) is 3.49. The van der Waals surface area contributed by atoms with Gasteiger partial charge in [-0.3, -0.25) is 4.79 Å². The van der Waals surface area contributed by atoms with Gasteiger partial charge in [-0.25, -0.2) is 0 Å². The number of ether oxygens (including phenoxy) is 1. The van der Waals surface area contributed by atoms with Gasteiger partial charge in [0.2, 0.25) is 0 Å². The maximum absolute atomic E-state index is 10.7. The lowest BCUT2D eigenvalue weighted by Crippen LogP contribution is -2.05. The van der Waals surface area contributed by atoms with Crippen molar-refractivity contribution in [2.24, 2.45) is 5.92 Å². The number of benzene rings is 1. The van der Waals surface area contributed by atoms with Gasteiger partial charge in [0.15, 0.2) is 0 Å². The average molecular weight is 220 g/mol. The Morgan fingerprint density at radius 3 is 2.75 bits per heavy atom. The summed E-state index contributed by atoms with van der Waals surface area (Å²) in [5.41, 5.74) is 2.07. The highest BCUT2D eigenvalue weighted by Crippen LogP contribution is 2.18. The molecule has 1 N–H and O–H groups in total. The molecule has 3 nitrogen and oxygen atoms in total. The topological polar surface area (TPSA) is 46.5 Å². The van der Waals surface area contributed by atoms with Crippen LogP contribution in [0.5, 0.6) is 5.75 Å². The van der Waals surface area contributed by atoms with Gasteiger partial charge in [0.25, 0.3) is 0 Å². The van der Waals surface area contributed by atoms with Crippen molar-refractivity contribution in [3.8, 4) is 5.75 Å². The maximum atomic E-state index is 10.7. The molecule has 16 heavy (non-hydrogen) atoms. The van der Waals surface area contributed by atoms with Crippen LogP contribution in [-0.4, -0.2) is 18.2 Å². The molecular weight excluding hydrogens is 204 g/mol. The molecule has 0 aliphatic heterocycles. The summed E-state index contributed by atoms with van der Waals surface area (Å²) in [6, 6.07) is 5.72. The van der Waals surface area contributed by atoms with E-state index < -0.39 is 11.9 Å². The average Bonchev–Trinajstić information content (AvgIpc) is 2.27. The molecule has 0 aliphatic carbocycles. The summed E-state index contributed by atoms with van der Waals surface area (Å²) in [5, 5.41) is 8.75. The smallest absolute Gasteiger partial charge is 0.310 e. The fourth-order valence-corrected chi connectivity index (χ4v) is 1.26. The molecule has 1 atom stereocenters. The normalized spacial score (nSPS) is 12.7. The largest absolute Gasteiger partial charge is 0.497 e. The summed E-state index contributed by atoms with van der Waals surface area (Å²) in [5.74, 6) is -0.532. The fourth-order valence-electron chi connectivity index (χ4n) is 1.26. The van der Waals surface area contributed by atoms with E-state index in [1.165, 1.54) is 0 Å². The van der Waals surface area contributed by atoms with E-state index in [1.54, 1.807) is 20.1 Å². The fraction of sp³-hybridized carbons (Fsp3) is 0.308. The number of carboxylic acid groups (broad SMARTS) is 1. The predicted octanol–water partition coefficient (Wildman–Crippen LogP) is 2.74. The van der Waals surface area contributed by atoms with Gasteiger partial charge < -0.3 is 9.84 Å². The quantitative estimate of drug-likeness (QED) is 0.848. The summed E-state index contributed by atoms with van der Waals surface area (Å²) in [4.78, 5) is 10.7. The number of carbonyl (C=O) groups is 1. The van der Waals surface area contributed by atoms with E-state index in [9.17, 15) is 4.79 Å². The molecule has 1 aromatic carbocycles. The van der Waals surface area contributed by atoms with Crippen LogP contribution in [-0.2, 0) is 4.79 Å². The van der Waals surface area contributed by atoms with E-state index in [1.807, 2.05) is 31.2 Å². The van der Waals surface area contributed by atoms with Crippen LogP contribution in [0.3, 0.4) is 0 Å². The third kappa shape index (κ3) is 3.12.